The highest BCUT2D eigenvalue weighted by molar-refractivity contribution is 7.77. The molecule has 11 heavy (non-hydrogen) atoms. The number of rotatable bonds is 0. The van der Waals surface area contributed by atoms with E-state index in [4.69, 9.17) is 0 Å². The van der Waals surface area contributed by atoms with Crippen molar-refractivity contribution in [2.45, 2.75) is 58.0 Å². The highest BCUT2D eigenvalue weighted by atomic mass is 32.1. The van der Waals surface area contributed by atoms with Crippen molar-refractivity contribution in [2.24, 2.45) is 0 Å². The van der Waals surface area contributed by atoms with Crippen molar-refractivity contribution in [3.8, 4) is 0 Å². The number of nitrogens with zero attached hydrogens (tertiary/aromatic N) is 1. The molecule has 0 aromatic rings. The summed E-state index contributed by atoms with van der Waals surface area (Å²) < 4.78 is 2.21. The predicted octanol–water partition coefficient (Wildman–Crippen LogP) is 2.87. The molecule has 0 bridgehead atoms. The molecule has 1 heterocycles. The minimum atomic E-state index is 0.269. The first-order valence-electron chi connectivity index (χ1n) is 4.35. The summed E-state index contributed by atoms with van der Waals surface area (Å²) >= 11 is 4.56. The Balaban J connectivity index is 2.76. The van der Waals surface area contributed by atoms with Crippen LogP contribution in [-0.2, 0) is 0 Å². The van der Waals surface area contributed by atoms with E-state index in [2.05, 4.69) is 44.8 Å². The number of hydrogen-bond donors (Lipinski definition) is 1. The molecule has 66 valence electrons. The third-order valence-electron chi connectivity index (χ3n) is 2.72. The van der Waals surface area contributed by atoms with E-state index < -0.39 is 0 Å². The Morgan fingerprint density at radius 3 is 1.64 bits per heavy atom. The molecule has 0 aliphatic carbocycles. The van der Waals surface area contributed by atoms with E-state index in [0.29, 0.717) is 0 Å². The quantitative estimate of drug-likeness (QED) is 0.551. The van der Waals surface area contributed by atoms with Crippen LogP contribution in [0.3, 0.4) is 0 Å². The lowest BCUT2D eigenvalue weighted by atomic mass is 9.83. The van der Waals surface area contributed by atoms with Crippen LogP contribution in [0.5, 0.6) is 0 Å². The molecule has 1 fully saturated rings. The zero-order valence-electron chi connectivity index (χ0n) is 8.02. The molecule has 0 unspecified atom stereocenters. The van der Waals surface area contributed by atoms with E-state index in [1.54, 1.807) is 0 Å². The van der Waals surface area contributed by atoms with Gasteiger partial charge in [0.25, 0.3) is 0 Å². The summed E-state index contributed by atoms with van der Waals surface area (Å²) in [6, 6.07) is 0. The van der Waals surface area contributed by atoms with Crippen LogP contribution >= 0.6 is 12.8 Å². The summed E-state index contributed by atoms with van der Waals surface area (Å²) in [5.41, 5.74) is 0.537. The van der Waals surface area contributed by atoms with Crippen molar-refractivity contribution < 1.29 is 0 Å². The largest absolute Gasteiger partial charge is 0.242 e. The van der Waals surface area contributed by atoms with Gasteiger partial charge in [-0.05, 0) is 47.0 Å². The molecule has 1 aliphatic heterocycles. The molecular formula is C9H19NS. The van der Waals surface area contributed by atoms with Crippen molar-refractivity contribution >= 4 is 12.8 Å². The van der Waals surface area contributed by atoms with Crippen LogP contribution in [0.4, 0.5) is 0 Å². The van der Waals surface area contributed by atoms with E-state index in [1.165, 1.54) is 19.3 Å². The first kappa shape index (κ1) is 9.40. The Morgan fingerprint density at radius 1 is 1.00 bits per heavy atom. The van der Waals surface area contributed by atoms with Gasteiger partial charge in [-0.25, -0.2) is 4.31 Å². The molecule has 2 heteroatoms. The van der Waals surface area contributed by atoms with E-state index in [1.807, 2.05) is 0 Å². The second-order valence-electron chi connectivity index (χ2n) is 4.79. The summed E-state index contributed by atoms with van der Waals surface area (Å²) in [7, 11) is 0. The molecule has 0 spiro atoms. The zero-order chi connectivity index (χ0) is 8.70. The smallest absolute Gasteiger partial charge is 0.0260 e. The van der Waals surface area contributed by atoms with Gasteiger partial charge in [-0.3, -0.25) is 0 Å². The van der Waals surface area contributed by atoms with Crippen LogP contribution in [0.1, 0.15) is 47.0 Å². The zero-order valence-corrected chi connectivity index (χ0v) is 8.91. The van der Waals surface area contributed by atoms with Crippen molar-refractivity contribution in [1.29, 1.82) is 0 Å². The van der Waals surface area contributed by atoms with Crippen molar-refractivity contribution in [1.82, 2.24) is 4.31 Å². The Kier molecular flexibility index (Phi) is 2.28. The van der Waals surface area contributed by atoms with Gasteiger partial charge in [-0.2, -0.15) is 0 Å². The van der Waals surface area contributed by atoms with Crippen molar-refractivity contribution in [3.63, 3.8) is 0 Å². The highest BCUT2D eigenvalue weighted by Crippen LogP contribution is 2.39. The van der Waals surface area contributed by atoms with Crippen LogP contribution in [0.2, 0.25) is 0 Å². The molecule has 0 atom stereocenters. The van der Waals surface area contributed by atoms with Gasteiger partial charge in [0, 0.05) is 11.1 Å². The summed E-state index contributed by atoms with van der Waals surface area (Å²) in [5.74, 6) is 0. The first-order chi connectivity index (χ1) is 4.86. The topological polar surface area (TPSA) is 3.24 Å². The van der Waals surface area contributed by atoms with Gasteiger partial charge in [-0.1, -0.05) is 12.8 Å². The fourth-order valence-electron chi connectivity index (χ4n) is 1.98. The summed E-state index contributed by atoms with van der Waals surface area (Å²) in [4.78, 5) is 0. The third-order valence-corrected chi connectivity index (χ3v) is 3.81. The summed E-state index contributed by atoms with van der Waals surface area (Å²) in [6.45, 7) is 9.06. The molecule has 1 saturated heterocycles. The molecule has 0 aromatic carbocycles. The number of piperidine rings is 1. The summed E-state index contributed by atoms with van der Waals surface area (Å²) in [5, 5.41) is 0. The van der Waals surface area contributed by atoms with Gasteiger partial charge in [0.05, 0.1) is 0 Å². The van der Waals surface area contributed by atoms with Gasteiger partial charge in [0.2, 0.25) is 0 Å². The fourth-order valence-corrected chi connectivity index (χ4v) is 2.18. The SMILES string of the molecule is CC1(C)CCCC(C)(C)N1S. The minimum Gasteiger partial charge on any atom is -0.242 e. The normalized spacial score (nSPS) is 30.3. The van der Waals surface area contributed by atoms with Crippen molar-refractivity contribution in [2.75, 3.05) is 0 Å². The molecule has 0 amide bonds. The Labute approximate surface area is 75.7 Å². The maximum atomic E-state index is 4.56. The Hall–Kier alpha value is 0.310. The van der Waals surface area contributed by atoms with Gasteiger partial charge in [-0.15, -0.1) is 0 Å². The molecule has 0 aromatic heterocycles. The molecule has 1 rings (SSSR count). The van der Waals surface area contributed by atoms with Gasteiger partial charge in [0.15, 0.2) is 0 Å². The molecule has 1 aliphatic rings. The standard InChI is InChI=1S/C9H19NS/c1-8(2)6-5-7-9(3,4)10(8)11/h11H,5-7H2,1-4H3. The maximum Gasteiger partial charge on any atom is 0.0260 e. The van der Waals surface area contributed by atoms with Gasteiger partial charge < -0.3 is 0 Å². The van der Waals surface area contributed by atoms with Crippen LogP contribution in [0.25, 0.3) is 0 Å². The fraction of sp³-hybridized carbons (Fsp3) is 1.00. The predicted molar refractivity (Wildman–Crippen MR) is 52.8 cm³/mol. The number of thiol groups is 1. The second-order valence-corrected chi connectivity index (χ2v) is 5.19. The highest BCUT2D eigenvalue weighted by Gasteiger charge is 2.39. The molecule has 0 radical (unpaired) electrons. The minimum absolute atomic E-state index is 0.269. The van der Waals surface area contributed by atoms with Crippen molar-refractivity contribution in [3.05, 3.63) is 0 Å². The lowest BCUT2D eigenvalue weighted by Crippen LogP contribution is -2.53. The van der Waals surface area contributed by atoms with E-state index >= 15 is 0 Å². The van der Waals surface area contributed by atoms with E-state index in [0.717, 1.165) is 0 Å². The van der Waals surface area contributed by atoms with Crippen LogP contribution in [0, 0.1) is 0 Å². The summed E-state index contributed by atoms with van der Waals surface area (Å²) in [6.07, 6.45) is 3.86. The molecule has 1 nitrogen and oxygen atoms in total. The van der Waals surface area contributed by atoms with Crippen LogP contribution in [-0.4, -0.2) is 15.4 Å². The van der Waals surface area contributed by atoms with Gasteiger partial charge >= 0.3 is 0 Å². The van der Waals surface area contributed by atoms with E-state index in [9.17, 15) is 0 Å². The lowest BCUT2D eigenvalue weighted by Gasteiger charge is -2.49. The van der Waals surface area contributed by atoms with E-state index in [-0.39, 0.29) is 11.1 Å². The van der Waals surface area contributed by atoms with Gasteiger partial charge in [0.1, 0.15) is 0 Å². The third kappa shape index (κ3) is 1.73. The Bertz CT molecular complexity index is 136. The average Bonchev–Trinajstić information content (AvgIpc) is 1.82. The molecule has 0 saturated carbocycles. The van der Waals surface area contributed by atoms with Crippen LogP contribution < -0.4 is 0 Å². The second kappa shape index (κ2) is 2.67. The van der Waals surface area contributed by atoms with Crippen LogP contribution in [0.15, 0.2) is 0 Å². The Morgan fingerprint density at radius 2 is 1.36 bits per heavy atom. The average molecular weight is 173 g/mol. The molecular weight excluding hydrogens is 154 g/mol. The monoisotopic (exact) mass is 173 g/mol. The molecule has 0 N–H and O–H groups in total. The first-order valence-corrected chi connectivity index (χ1v) is 4.75. The maximum absolute atomic E-state index is 4.56. The number of hydrogen-bond acceptors (Lipinski definition) is 2. The lowest BCUT2D eigenvalue weighted by molar-refractivity contribution is 0.0701.